The first-order valence-electron chi connectivity index (χ1n) is 9.28. The molecule has 2 saturated carbocycles. The molecule has 4 rings (SSSR count). The Labute approximate surface area is 143 Å². The summed E-state index contributed by atoms with van der Waals surface area (Å²) in [5.74, 6) is 2.55. The smallest absolute Gasteiger partial charge is 0.224 e. The summed E-state index contributed by atoms with van der Waals surface area (Å²) < 4.78 is 5.73. The van der Waals surface area contributed by atoms with Gasteiger partial charge in [0, 0.05) is 17.0 Å². The number of aryl methyl sites for hydroxylation is 2. The Balaban J connectivity index is 1.44. The molecule has 24 heavy (non-hydrogen) atoms. The lowest BCUT2D eigenvalue weighted by Gasteiger charge is -2.28. The SMILES string of the molecule is Cc1ccc2c(CC(=O)NC(C)C3CC4CCC3C4)coc2c1C. The molecule has 0 radical (unpaired) electrons. The van der Waals surface area contributed by atoms with Crippen LogP contribution in [0.1, 0.15) is 49.3 Å². The van der Waals surface area contributed by atoms with E-state index in [1.54, 1.807) is 6.26 Å². The second kappa shape index (κ2) is 5.94. The van der Waals surface area contributed by atoms with Crippen molar-refractivity contribution in [1.29, 1.82) is 0 Å². The fourth-order valence-electron chi connectivity index (χ4n) is 5.02. The molecule has 1 N–H and O–H groups in total. The van der Waals surface area contributed by atoms with Crippen molar-refractivity contribution < 1.29 is 9.21 Å². The number of hydrogen-bond acceptors (Lipinski definition) is 2. The van der Waals surface area contributed by atoms with Crippen LogP contribution in [0.15, 0.2) is 22.8 Å². The first-order chi connectivity index (χ1) is 11.5. The van der Waals surface area contributed by atoms with Crippen LogP contribution in [0.3, 0.4) is 0 Å². The highest BCUT2D eigenvalue weighted by molar-refractivity contribution is 5.89. The molecule has 1 aromatic carbocycles. The van der Waals surface area contributed by atoms with Crippen molar-refractivity contribution in [1.82, 2.24) is 5.32 Å². The summed E-state index contributed by atoms with van der Waals surface area (Å²) in [4.78, 5) is 12.5. The van der Waals surface area contributed by atoms with Gasteiger partial charge in [-0.25, -0.2) is 0 Å². The predicted octanol–water partition coefficient (Wildman–Crippen LogP) is 4.53. The average molecular weight is 325 g/mol. The maximum atomic E-state index is 12.5. The van der Waals surface area contributed by atoms with Gasteiger partial charge in [0.25, 0.3) is 0 Å². The van der Waals surface area contributed by atoms with Crippen molar-refractivity contribution in [3.8, 4) is 0 Å². The Hall–Kier alpha value is -1.77. The average Bonchev–Trinajstić information content (AvgIpc) is 3.26. The molecule has 2 fully saturated rings. The van der Waals surface area contributed by atoms with E-state index >= 15 is 0 Å². The fourth-order valence-corrected chi connectivity index (χ4v) is 5.02. The Kier molecular flexibility index (Phi) is 3.90. The predicted molar refractivity (Wildman–Crippen MR) is 95.9 cm³/mol. The summed E-state index contributed by atoms with van der Waals surface area (Å²) in [6, 6.07) is 4.46. The second-order valence-electron chi connectivity index (χ2n) is 8.02. The summed E-state index contributed by atoms with van der Waals surface area (Å²) in [7, 11) is 0. The van der Waals surface area contributed by atoms with Crippen LogP contribution in [0.2, 0.25) is 0 Å². The van der Waals surface area contributed by atoms with E-state index in [1.807, 2.05) is 0 Å². The molecule has 3 heteroatoms. The van der Waals surface area contributed by atoms with E-state index in [4.69, 9.17) is 4.42 Å². The molecule has 1 aromatic heterocycles. The van der Waals surface area contributed by atoms with Crippen LogP contribution in [-0.2, 0) is 11.2 Å². The number of furan rings is 1. The van der Waals surface area contributed by atoms with Crippen molar-refractivity contribution in [2.24, 2.45) is 17.8 Å². The minimum atomic E-state index is 0.117. The van der Waals surface area contributed by atoms with E-state index in [0.29, 0.717) is 12.3 Å². The molecule has 0 spiro atoms. The van der Waals surface area contributed by atoms with E-state index in [0.717, 1.165) is 33.9 Å². The molecular weight excluding hydrogens is 298 g/mol. The quantitative estimate of drug-likeness (QED) is 0.897. The zero-order valence-corrected chi connectivity index (χ0v) is 14.9. The van der Waals surface area contributed by atoms with Crippen LogP contribution < -0.4 is 5.32 Å². The molecule has 1 amide bonds. The molecule has 2 bridgehead atoms. The third-order valence-electron chi connectivity index (χ3n) is 6.52. The van der Waals surface area contributed by atoms with Crippen molar-refractivity contribution in [2.75, 3.05) is 0 Å². The van der Waals surface area contributed by atoms with Crippen molar-refractivity contribution in [3.05, 3.63) is 35.1 Å². The van der Waals surface area contributed by atoms with Gasteiger partial charge in [-0.05, 0) is 68.9 Å². The molecule has 3 nitrogen and oxygen atoms in total. The van der Waals surface area contributed by atoms with Crippen LogP contribution in [0.4, 0.5) is 0 Å². The maximum absolute atomic E-state index is 12.5. The molecule has 1 heterocycles. The third-order valence-corrected chi connectivity index (χ3v) is 6.52. The van der Waals surface area contributed by atoms with E-state index in [2.05, 4.69) is 38.2 Å². The fraction of sp³-hybridized carbons (Fsp3) is 0.571. The van der Waals surface area contributed by atoms with E-state index < -0.39 is 0 Å². The molecular formula is C21H27NO2. The van der Waals surface area contributed by atoms with Crippen LogP contribution in [0.25, 0.3) is 11.0 Å². The summed E-state index contributed by atoms with van der Waals surface area (Å²) in [5, 5.41) is 4.33. The molecule has 2 aliphatic rings. The number of carbonyl (C=O) groups is 1. The van der Waals surface area contributed by atoms with Gasteiger partial charge in [-0.1, -0.05) is 18.6 Å². The number of amides is 1. The van der Waals surface area contributed by atoms with E-state index in [1.165, 1.54) is 31.2 Å². The van der Waals surface area contributed by atoms with Crippen LogP contribution in [0.5, 0.6) is 0 Å². The monoisotopic (exact) mass is 325 g/mol. The summed E-state index contributed by atoms with van der Waals surface area (Å²) >= 11 is 0. The van der Waals surface area contributed by atoms with Crippen molar-refractivity contribution >= 4 is 16.9 Å². The Morgan fingerprint density at radius 3 is 2.83 bits per heavy atom. The lowest BCUT2D eigenvalue weighted by molar-refractivity contribution is -0.121. The lowest BCUT2D eigenvalue weighted by Crippen LogP contribution is -2.40. The van der Waals surface area contributed by atoms with Gasteiger partial charge in [0.15, 0.2) is 0 Å². The summed E-state index contributed by atoms with van der Waals surface area (Å²) in [6.07, 6.45) is 7.61. The van der Waals surface area contributed by atoms with Gasteiger partial charge in [0.2, 0.25) is 5.91 Å². The maximum Gasteiger partial charge on any atom is 0.224 e. The minimum Gasteiger partial charge on any atom is -0.464 e. The van der Waals surface area contributed by atoms with Crippen molar-refractivity contribution in [3.63, 3.8) is 0 Å². The zero-order valence-electron chi connectivity index (χ0n) is 14.9. The standard InChI is InChI=1S/C21H27NO2/c1-12-4-7-18-17(11-24-21(18)13(12)2)10-20(23)22-14(3)19-9-15-5-6-16(19)8-15/h4,7,11,14-16,19H,5-6,8-10H2,1-3H3,(H,22,23). The van der Waals surface area contributed by atoms with Crippen LogP contribution in [0, 0.1) is 31.6 Å². The highest BCUT2D eigenvalue weighted by Crippen LogP contribution is 2.49. The molecule has 0 aliphatic heterocycles. The highest BCUT2D eigenvalue weighted by atomic mass is 16.3. The van der Waals surface area contributed by atoms with Crippen molar-refractivity contribution in [2.45, 2.75) is 58.9 Å². The van der Waals surface area contributed by atoms with Gasteiger partial charge in [-0.3, -0.25) is 4.79 Å². The van der Waals surface area contributed by atoms with Gasteiger partial charge >= 0.3 is 0 Å². The number of rotatable bonds is 4. The number of carbonyl (C=O) groups excluding carboxylic acids is 1. The molecule has 128 valence electrons. The molecule has 4 atom stereocenters. The van der Waals surface area contributed by atoms with E-state index in [9.17, 15) is 4.79 Å². The van der Waals surface area contributed by atoms with Gasteiger partial charge in [0.1, 0.15) is 5.58 Å². The van der Waals surface area contributed by atoms with E-state index in [-0.39, 0.29) is 11.9 Å². The number of fused-ring (bicyclic) bond motifs is 3. The zero-order chi connectivity index (χ0) is 16.8. The molecule has 0 saturated heterocycles. The topological polar surface area (TPSA) is 42.2 Å². The van der Waals surface area contributed by atoms with Crippen LogP contribution in [-0.4, -0.2) is 11.9 Å². The van der Waals surface area contributed by atoms with Gasteiger partial charge in [0.05, 0.1) is 12.7 Å². The molecule has 4 unspecified atom stereocenters. The number of benzene rings is 1. The highest BCUT2D eigenvalue weighted by Gasteiger charge is 2.42. The first kappa shape index (κ1) is 15.7. The normalized spacial score (nSPS) is 26.9. The number of hydrogen-bond donors (Lipinski definition) is 1. The van der Waals surface area contributed by atoms with Gasteiger partial charge in [-0.2, -0.15) is 0 Å². The Morgan fingerprint density at radius 1 is 1.29 bits per heavy atom. The molecule has 2 aliphatic carbocycles. The molecule has 2 aromatic rings. The Bertz CT molecular complexity index is 775. The second-order valence-corrected chi connectivity index (χ2v) is 8.02. The summed E-state index contributed by atoms with van der Waals surface area (Å²) in [5.41, 5.74) is 4.29. The largest absolute Gasteiger partial charge is 0.464 e. The third kappa shape index (κ3) is 2.64. The Morgan fingerprint density at radius 2 is 2.12 bits per heavy atom. The van der Waals surface area contributed by atoms with Gasteiger partial charge in [-0.15, -0.1) is 0 Å². The first-order valence-corrected chi connectivity index (χ1v) is 9.28. The van der Waals surface area contributed by atoms with Gasteiger partial charge < -0.3 is 9.73 Å². The number of nitrogens with one attached hydrogen (secondary N) is 1. The summed E-state index contributed by atoms with van der Waals surface area (Å²) in [6.45, 7) is 6.34. The minimum absolute atomic E-state index is 0.117. The lowest BCUT2D eigenvalue weighted by atomic mass is 9.84. The van der Waals surface area contributed by atoms with Crippen LogP contribution >= 0.6 is 0 Å².